The molecule has 3 N–H and O–H groups in total. The molecule has 0 aliphatic carbocycles. The van der Waals surface area contributed by atoms with Crippen LogP contribution in [0.5, 0.6) is 0 Å². The second-order valence-electron chi connectivity index (χ2n) is 4.26. The summed E-state index contributed by atoms with van der Waals surface area (Å²) >= 11 is 0. The number of amides is 2. The predicted octanol–water partition coefficient (Wildman–Crippen LogP) is -0.867. The van der Waals surface area contributed by atoms with Crippen molar-refractivity contribution in [2.24, 2.45) is 0 Å². The summed E-state index contributed by atoms with van der Waals surface area (Å²) in [7, 11) is 0. The van der Waals surface area contributed by atoms with E-state index in [4.69, 9.17) is 0 Å². The summed E-state index contributed by atoms with van der Waals surface area (Å²) in [4.78, 5) is 21.8. The molecule has 0 bridgehead atoms. The molecule has 0 saturated carbocycles. The van der Waals surface area contributed by atoms with Crippen LogP contribution in [0, 0.1) is 0 Å². The minimum atomic E-state index is 0.149. The lowest BCUT2D eigenvalue weighted by Gasteiger charge is -2.14. The molecule has 2 aliphatic heterocycles. The van der Waals surface area contributed by atoms with E-state index < -0.39 is 0 Å². The third kappa shape index (κ3) is 2.92. The Kier molecular flexibility index (Phi) is 3.20. The first-order valence-electron chi connectivity index (χ1n) is 5.53. The van der Waals surface area contributed by atoms with E-state index in [-0.39, 0.29) is 23.9 Å². The largest absolute Gasteiger partial charge is 0.352 e. The summed E-state index contributed by atoms with van der Waals surface area (Å²) in [5.41, 5.74) is 0. The molecule has 0 spiro atoms. The average molecular weight is 211 g/mol. The van der Waals surface area contributed by atoms with Crippen LogP contribution in [0.1, 0.15) is 25.7 Å². The van der Waals surface area contributed by atoms with Gasteiger partial charge >= 0.3 is 0 Å². The van der Waals surface area contributed by atoms with E-state index in [1.54, 1.807) is 0 Å². The van der Waals surface area contributed by atoms with E-state index in [0.29, 0.717) is 12.8 Å². The summed E-state index contributed by atoms with van der Waals surface area (Å²) in [6, 6.07) is 0.546. The van der Waals surface area contributed by atoms with Gasteiger partial charge in [-0.3, -0.25) is 9.59 Å². The minimum Gasteiger partial charge on any atom is -0.352 e. The Hall–Kier alpha value is -1.10. The second kappa shape index (κ2) is 4.61. The fraction of sp³-hybridized carbons (Fsp3) is 0.800. The summed E-state index contributed by atoms with van der Waals surface area (Å²) in [6.45, 7) is 1.61. The van der Waals surface area contributed by atoms with Gasteiger partial charge < -0.3 is 16.0 Å². The first kappa shape index (κ1) is 10.4. The maximum atomic E-state index is 10.9. The molecule has 84 valence electrons. The number of carbonyl (C=O) groups is 2. The highest BCUT2D eigenvalue weighted by Gasteiger charge is 2.22. The zero-order valence-electron chi connectivity index (χ0n) is 8.71. The van der Waals surface area contributed by atoms with Crippen molar-refractivity contribution in [2.45, 2.75) is 37.8 Å². The Morgan fingerprint density at radius 3 is 1.80 bits per heavy atom. The molecule has 2 unspecified atom stereocenters. The predicted molar refractivity (Wildman–Crippen MR) is 55.2 cm³/mol. The molecule has 5 heteroatoms. The molecule has 2 atom stereocenters. The molecular formula is C10H17N3O2. The van der Waals surface area contributed by atoms with Gasteiger partial charge in [0, 0.05) is 38.0 Å². The van der Waals surface area contributed by atoms with Crippen molar-refractivity contribution < 1.29 is 9.59 Å². The number of hydrogen-bond acceptors (Lipinski definition) is 3. The standard InChI is InChI=1S/C10H17N3O2/c14-9-3-1-7(12-9)5-11-6-8-2-4-10(15)13-8/h7-8,11H,1-6H2,(H,12,14)(H,13,15). The molecule has 2 amide bonds. The van der Waals surface area contributed by atoms with Crippen LogP contribution in [0.2, 0.25) is 0 Å². The van der Waals surface area contributed by atoms with Crippen LogP contribution in [0.15, 0.2) is 0 Å². The molecule has 2 fully saturated rings. The fourth-order valence-corrected chi connectivity index (χ4v) is 2.09. The van der Waals surface area contributed by atoms with Crippen molar-refractivity contribution in [1.29, 1.82) is 0 Å². The summed E-state index contributed by atoms with van der Waals surface area (Å²) in [6.07, 6.45) is 3.13. The van der Waals surface area contributed by atoms with Gasteiger partial charge in [-0.25, -0.2) is 0 Å². The van der Waals surface area contributed by atoms with Gasteiger partial charge in [0.05, 0.1) is 0 Å². The van der Waals surface area contributed by atoms with Gasteiger partial charge in [-0.15, -0.1) is 0 Å². The Morgan fingerprint density at radius 1 is 1.00 bits per heavy atom. The Bertz CT molecular complexity index is 241. The molecule has 0 radical (unpaired) electrons. The Balaban J connectivity index is 1.59. The third-order valence-corrected chi connectivity index (χ3v) is 2.95. The molecule has 15 heavy (non-hydrogen) atoms. The maximum Gasteiger partial charge on any atom is 0.220 e. The van der Waals surface area contributed by atoms with Crippen LogP contribution in [0.25, 0.3) is 0 Å². The average Bonchev–Trinajstić information content (AvgIpc) is 2.76. The molecule has 0 aromatic heterocycles. The highest BCUT2D eigenvalue weighted by atomic mass is 16.2. The first-order valence-corrected chi connectivity index (χ1v) is 5.53. The lowest BCUT2D eigenvalue weighted by Crippen LogP contribution is -2.41. The van der Waals surface area contributed by atoms with Crippen LogP contribution < -0.4 is 16.0 Å². The van der Waals surface area contributed by atoms with Gasteiger partial charge in [-0.2, -0.15) is 0 Å². The van der Waals surface area contributed by atoms with Crippen molar-refractivity contribution in [1.82, 2.24) is 16.0 Å². The summed E-state index contributed by atoms with van der Waals surface area (Å²) < 4.78 is 0. The maximum absolute atomic E-state index is 10.9. The van der Waals surface area contributed by atoms with E-state index >= 15 is 0 Å². The van der Waals surface area contributed by atoms with Crippen molar-refractivity contribution in [3.05, 3.63) is 0 Å². The zero-order valence-corrected chi connectivity index (χ0v) is 8.71. The van der Waals surface area contributed by atoms with Gasteiger partial charge in [0.2, 0.25) is 11.8 Å². The molecule has 0 aromatic carbocycles. The molecular weight excluding hydrogens is 194 g/mol. The van der Waals surface area contributed by atoms with Crippen molar-refractivity contribution in [3.63, 3.8) is 0 Å². The molecule has 2 saturated heterocycles. The highest BCUT2D eigenvalue weighted by molar-refractivity contribution is 5.78. The van der Waals surface area contributed by atoms with Gasteiger partial charge in [-0.1, -0.05) is 0 Å². The SMILES string of the molecule is O=C1CCC(CNCC2CCC(=O)N2)N1. The summed E-state index contributed by atoms with van der Waals surface area (Å²) in [5.74, 6) is 0.298. The minimum absolute atomic E-state index is 0.149. The molecule has 0 aromatic rings. The number of hydrogen-bond donors (Lipinski definition) is 3. The van der Waals surface area contributed by atoms with Crippen LogP contribution in [-0.2, 0) is 9.59 Å². The lowest BCUT2D eigenvalue weighted by molar-refractivity contribution is -0.120. The molecule has 5 nitrogen and oxygen atoms in total. The van der Waals surface area contributed by atoms with E-state index in [2.05, 4.69) is 16.0 Å². The van der Waals surface area contributed by atoms with Crippen LogP contribution in [-0.4, -0.2) is 37.0 Å². The normalized spacial score (nSPS) is 30.4. The number of rotatable bonds is 4. The Morgan fingerprint density at radius 2 is 1.47 bits per heavy atom. The van der Waals surface area contributed by atoms with Gasteiger partial charge in [-0.05, 0) is 12.8 Å². The van der Waals surface area contributed by atoms with E-state index in [1.807, 2.05) is 0 Å². The van der Waals surface area contributed by atoms with Crippen molar-refractivity contribution in [3.8, 4) is 0 Å². The fourth-order valence-electron chi connectivity index (χ4n) is 2.09. The monoisotopic (exact) mass is 211 g/mol. The van der Waals surface area contributed by atoms with Gasteiger partial charge in [0.1, 0.15) is 0 Å². The molecule has 2 aliphatic rings. The van der Waals surface area contributed by atoms with E-state index in [9.17, 15) is 9.59 Å². The van der Waals surface area contributed by atoms with E-state index in [0.717, 1.165) is 25.9 Å². The first-order chi connectivity index (χ1) is 7.24. The zero-order chi connectivity index (χ0) is 10.7. The third-order valence-electron chi connectivity index (χ3n) is 2.95. The highest BCUT2D eigenvalue weighted by Crippen LogP contribution is 2.07. The smallest absolute Gasteiger partial charge is 0.220 e. The topological polar surface area (TPSA) is 70.2 Å². The van der Waals surface area contributed by atoms with Crippen LogP contribution >= 0.6 is 0 Å². The van der Waals surface area contributed by atoms with Crippen LogP contribution in [0.3, 0.4) is 0 Å². The Labute approximate surface area is 89.0 Å². The van der Waals surface area contributed by atoms with Crippen LogP contribution in [0.4, 0.5) is 0 Å². The number of nitrogens with one attached hydrogen (secondary N) is 3. The summed E-state index contributed by atoms with van der Waals surface area (Å²) in [5, 5.41) is 9.08. The molecule has 2 rings (SSSR count). The van der Waals surface area contributed by atoms with Crippen molar-refractivity contribution >= 4 is 11.8 Å². The van der Waals surface area contributed by atoms with E-state index in [1.165, 1.54) is 0 Å². The van der Waals surface area contributed by atoms with Gasteiger partial charge in [0.25, 0.3) is 0 Å². The van der Waals surface area contributed by atoms with Gasteiger partial charge in [0.15, 0.2) is 0 Å². The number of carbonyl (C=O) groups excluding carboxylic acids is 2. The molecule has 2 heterocycles. The van der Waals surface area contributed by atoms with Crippen molar-refractivity contribution in [2.75, 3.05) is 13.1 Å². The quantitative estimate of drug-likeness (QED) is 0.566. The lowest BCUT2D eigenvalue weighted by atomic mass is 10.2. The second-order valence-corrected chi connectivity index (χ2v) is 4.26.